The van der Waals surface area contributed by atoms with Gasteiger partial charge in [-0.05, 0) is 19.1 Å². The molecule has 23 heavy (non-hydrogen) atoms. The summed E-state index contributed by atoms with van der Waals surface area (Å²) in [5, 5.41) is 8.82. The molecule has 0 aliphatic rings. The largest absolute Gasteiger partial charge is 0.315 e. The monoisotopic (exact) mass is 328 g/mol. The van der Waals surface area contributed by atoms with Crippen molar-refractivity contribution in [3.63, 3.8) is 0 Å². The fraction of sp³-hybridized carbons (Fsp3) is 0.267. The van der Waals surface area contributed by atoms with E-state index in [1.165, 1.54) is 18.1 Å². The van der Waals surface area contributed by atoms with E-state index < -0.39 is 0 Å². The molecule has 3 aromatic rings. The van der Waals surface area contributed by atoms with Crippen molar-refractivity contribution in [1.29, 1.82) is 0 Å². The lowest BCUT2D eigenvalue weighted by Crippen LogP contribution is -2.27. The number of rotatable bonds is 5. The van der Waals surface area contributed by atoms with Gasteiger partial charge in [0, 0.05) is 19.3 Å². The maximum Gasteiger partial charge on any atom is 0.237 e. The van der Waals surface area contributed by atoms with Gasteiger partial charge in [0.15, 0.2) is 11.2 Å². The molecule has 1 aromatic carbocycles. The van der Waals surface area contributed by atoms with Crippen molar-refractivity contribution >= 4 is 34.5 Å². The molecule has 2 heterocycles. The molecule has 8 heteroatoms. The van der Waals surface area contributed by atoms with E-state index in [-0.39, 0.29) is 11.7 Å². The van der Waals surface area contributed by atoms with Crippen LogP contribution in [-0.4, -0.2) is 43.7 Å². The van der Waals surface area contributed by atoms with Crippen LogP contribution in [0.3, 0.4) is 0 Å². The number of anilines is 1. The zero-order chi connectivity index (χ0) is 16.2. The third-order valence-electron chi connectivity index (χ3n) is 3.42. The van der Waals surface area contributed by atoms with E-state index in [2.05, 4.69) is 20.3 Å². The lowest BCUT2D eigenvalue weighted by molar-refractivity contribution is -0.115. The Morgan fingerprint density at radius 3 is 2.78 bits per heavy atom. The Morgan fingerprint density at radius 1 is 1.26 bits per heavy atom. The predicted molar refractivity (Wildman–Crippen MR) is 89.4 cm³/mol. The summed E-state index contributed by atoms with van der Waals surface area (Å²) in [6, 6.07) is 9.54. The molecule has 118 valence electrons. The zero-order valence-electron chi connectivity index (χ0n) is 12.9. The number of amides is 1. The molecule has 0 atom stereocenters. The fourth-order valence-corrected chi connectivity index (χ4v) is 2.96. The van der Waals surface area contributed by atoms with E-state index in [0.29, 0.717) is 22.7 Å². The molecule has 0 saturated carbocycles. The zero-order valence-corrected chi connectivity index (χ0v) is 13.7. The van der Waals surface area contributed by atoms with Gasteiger partial charge >= 0.3 is 0 Å². The molecule has 0 bridgehead atoms. The Bertz CT molecular complexity index is 819. The van der Waals surface area contributed by atoms with Crippen molar-refractivity contribution in [2.75, 3.05) is 17.7 Å². The van der Waals surface area contributed by atoms with E-state index >= 15 is 0 Å². The number of aryl methyl sites for hydroxylation is 1. The minimum Gasteiger partial charge on any atom is -0.315 e. The van der Waals surface area contributed by atoms with Crippen LogP contribution in [0.15, 0.2) is 41.7 Å². The Morgan fingerprint density at radius 2 is 2.04 bits per heavy atom. The van der Waals surface area contributed by atoms with E-state index in [0.717, 1.165) is 5.69 Å². The minimum absolute atomic E-state index is 0.00385. The van der Waals surface area contributed by atoms with Crippen LogP contribution in [0.1, 0.15) is 6.92 Å². The van der Waals surface area contributed by atoms with Crippen molar-refractivity contribution in [1.82, 2.24) is 25.0 Å². The van der Waals surface area contributed by atoms with E-state index in [9.17, 15) is 4.79 Å². The number of hydrogen-bond donors (Lipinski definition) is 0. The standard InChI is InChI=1S/C15H16N6OS/c1-3-21-14-13(18-19-21)15(17-10-16-14)23-9-12(22)20(2)11-7-5-4-6-8-11/h4-8,10H,3,9H2,1-2H3. The Labute approximate surface area is 137 Å². The molecular formula is C15H16N6OS. The first-order valence-corrected chi connectivity index (χ1v) is 8.18. The van der Waals surface area contributed by atoms with E-state index in [1.54, 1.807) is 16.6 Å². The van der Waals surface area contributed by atoms with E-state index in [4.69, 9.17) is 0 Å². The van der Waals surface area contributed by atoms with Crippen LogP contribution in [-0.2, 0) is 11.3 Å². The summed E-state index contributed by atoms with van der Waals surface area (Å²) in [4.78, 5) is 22.4. The second-order valence-corrected chi connectivity index (χ2v) is 5.80. The SMILES string of the molecule is CCn1nnc2c(SCC(=O)N(C)c3ccccc3)ncnc21. The van der Waals surface area contributed by atoms with Crippen molar-refractivity contribution < 1.29 is 4.79 Å². The average Bonchev–Trinajstić information content (AvgIpc) is 3.03. The number of benzene rings is 1. The van der Waals surface area contributed by atoms with Gasteiger partial charge in [-0.3, -0.25) is 4.79 Å². The first kappa shape index (κ1) is 15.4. The third-order valence-corrected chi connectivity index (χ3v) is 4.38. The van der Waals surface area contributed by atoms with Crippen LogP contribution in [0.2, 0.25) is 0 Å². The summed E-state index contributed by atoms with van der Waals surface area (Å²) in [7, 11) is 1.77. The summed E-state index contributed by atoms with van der Waals surface area (Å²) in [6.07, 6.45) is 1.48. The molecule has 0 aliphatic carbocycles. The molecule has 0 N–H and O–H groups in total. The van der Waals surface area contributed by atoms with Gasteiger partial charge in [-0.15, -0.1) is 5.10 Å². The smallest absolute Gasteiger partial charge is 0.237 e. The number of carbonyl (C=O) groups is 1. The number of para-hydroxylation sites is 1. The molecule has 0 spiro atoms. The van der Waals surface area contributed by atoms with Gasteiger partial charge in [-0.25, -0.2) is 14.6 Å². The highest BCUT2D eigenvalue weighted by molar-refractivity contribution is 8.00. The van der Waals surface area contributed by atoms with Gasteiger partial charge in [0.25, 0.3) is 0 Å². The molecule has 2 aromatic heterocycles. The van der Waals surface area contributed by atoms with Crippen molar-refractivity contribution in [2.24, 2.45) is 0 Å². The summed E-state index contributed by atoms with van der Waals surface area (Å²) in [5.41, 5.74) is 2.19. The molecule has 7 nitrogen and oxygen atoms in total. The summed E-state index contributed by atoms with van der Waals surface area (Å²) in [6.45, 7) is 2.66. The number of hydrogen-bond acceptors (Lipinski definition) is 6. The van der Waals surface area contributed by atoms with Crippen molar-refractivity contribution in [3.8, 4) is 0 Å². The van der Waals surface area contributed by atoms with Gasteiger partial charge in [0.05, 0.1) is 5.75 Å². The molecule has 0 radical (unpaired) electrons. The quantitative estimate of drug-likeness (QED) is 0.526. The second kappa shape index (κ2) is 6.74. The van der Waals surface area contributed by atoms with Crippen LogP contribution < -0.4 is 4.90 Å². The normalized spacial score (nSPS) is 10.9. The van der Waals surface area contributed by atoms with Crippen molar-refractivity contribution in [3.05, 3.63) is 36.7 Å². The highest BCUT2D eigenvalue weighted by Gasteiger charge is 2.15. The van der Waals surface area contributed by atoms with Gasteiger partial charge < -0.3 is 4.90 Å². The average molecular weight is 328 g/mol. The summed E-state index contributed by atoms with van der Waals surface area (Å²) < 4.78 is 1.71. The number of carbonyl (C=O) groups excluding carboxylic acids is 1. The first-order chi connectivity index (χ1) is 11.2. The molecule has 0 fully saturated rings. The number of aromatic nitrogens is 5. The maximum atomic E-state index is 12.3. The van der Waals surface area contributed by atoms with Gasteiger partial charge in [0.2, 0.25) is 5.91 Å². The minimum atomic E-state index is -0.00385. The molecule has 0 aliphatic heterocycles. The number of thioether (sulfide) groups is 1. The third kappa shape index (κ3) is 3.16. The topological polar surface area (TPSA) is 76.8 Å². The van der Waals surface area contributed by atoms with Gasteiger partial charge in [0.1, 0.15) is 11.4 Å². The predicted octanol–water partition coefficient (Wildman–Crippen LogP) is 2.00. The number of nitrogens with zero attached hydrogens (tertiary/aromatic N) is 6. The lowest BCUT2D eigenvalue weighted by atomic mass is 10.3. The maximum absolute atomic E-state index is 12.3. The molecule has 3 rings (SSSR count). The summed E-state index contributed by atoms with van der Waals surface area (Å²) in [5.74, 6) is 0.270. The molecule has 1 amide bonds. The molecule has 0 unspecified atom stereocenters. The van der Waals surface area contributed by atoms with Crippen LogP contribution in [0.4, 0.5) is 5.69 Å². The van der Waals surface area contributed by atoms with Crippen LogP contribution in [0.5, 0.6) is 0 Å². The van der Waals surface area contributed by atoms with E-state index in [1.807, 2.05) is 37.3 Å². The van der Waals surface area contributed by atoms with Crippen molar-refractivity contribution in [2.45, 2.75) is 18.5 Å². The van der Waals surface area contributed by atoms with Gasteiger partial charge in [-0.1, -0.05) is 35.2 Å². The molecule has 0 saturated heterocycles. The highest BCUT2D eigenvalue weighted by atomic mass is 32.2. The Hall–Kier alpha value is -2.48. The fourth-order valence-electron chi connectivity index (χ4n) is 2.11. The van der Waals surface area contributed by atoms with Gasteiger partial charge in [-0.2, -0.15) is 0 Å². The Balaban J connectivity index is 1.73. The highest BCUT2D eigenvalue weighted by Crippen LogP contribution is 2.23. The molecular weight excluding hydrogens is 312 g/mol. The van der Waals surface area contributed by atoms with Crippen LogP contribution >= 0.6 is 11.8 Å². The number of fused-ring (bicyclic) bond motifs is 1. The summed E-state index contributed by atoms with van der Waals surface area (Å²) >= 11 is 1.35. The second-order valence-electron chi connectivity index (χ2n) is 4.83. The van der Waals surface area contributed by atoms with Crippen LogP contribution in [0.25, 0.3) is 11.2 Å². The lowest BCUT2D eigenvalue weighted by Gasteiger charge is -2.16. The Kier molecular flexibility index (Phi) is 4.52. The first-order valence-electron chi connectivity index (χ1n) is 7.19. The van der Waals surface area contributed by atoms with Crippen LogP contribution in [0, 0.1) is 0 Å².